The van der Waals surface area contributed by atoms with Crippen molar-refractivity contribution < 1.29 is 19.8 Å². The van der Waals surface area contributed by atoms with Gasteiger partial charge in [0, 0.05) is 19.4 Å². The van der Waals surface area contributed by atoms with Gasteiger partial charge in [-0.05, 0) is 31.2 Å². The standard InChI is InChI=1S/C18H37NO2.C8H17NO2/c1-2-3-4-5-6-7-8-9-10-11-12-13-14-15-18(21)19-16-17-20;1-6(2)3-7(5-9)4-8(10)11/h20H,2-17H2,1H3,(H,19,21);6-7H,3-5,9H2,1-2H3,(H,10,11)/t;7-/m.0/s1. The Morgan fingerprint density at radius 2 is 1.31 bits per heavy atom. The lowest BCUT2D eigenvalue weighted by Gasteiger charge is -2.13. The Kier molecular flexibility index (Phi) is 27.0. The number of carbonyl (C=O) groups excluding carboxylic acids is 1. The summed E-state index contributed by atoms with van der Waals surface area (Å²) < 4.78 is 0. The van der Waals surface area contributed by atoms with E-state index in [4.69, 9.17) is 15.9 Å². The zero-order valence-corrected chi connectivity index (χ0v) is 21.4. The third-order valence-corrected chi connectivity index (χ3v) is 5.54. The molecule has 0 heterocycles. The quantitative estimate of drug-likeness (QED) is 0.166. The monoisotopic (exact) mass is 458 g/mol. The number of carboxylic acids is 1. The Labute approximate surface area is 198 Å². The van der Waals surface area contributed by atoms with Crippen molar-refractivity contribution in [2.75, 3.05) is 19.7 Å². The Morgan fingerprint density at radius 3 is 1.69 bits per heavy atom. The van der Waals surface area contributed by atoms with Gasteiger partial charge in [0.05, 0.1) is 6.61 Å². The molecule has 1 amide bonds. The van der Waals surface area contributed by atoms with Crippen molar-refractivity contribution in [1.82, 2.24) is 5.32 Å². The van der Waals surface area contributed by atoms with Crippen LogP contribution in [-0.4, -0.2) is 41.8 Å². The van der Waals surface area contributed by atoms with Gasteiger partial charge in [-0.3, -0.25) is 9.59 Å². The molecule has 0 aliphatic rings. The minimum absolute atomic E-state index is 0.0321. The van der Waals surface area contributed by atoms with E-state index in [0.717, 1.165) is 19.3 Å². The first-order valence-corrected chi connectivity index (χ1v) is 13.2. The zero-order chi connectivity index (χ0) is 24.5. The first kappa shape index (κ1) is 33.0. The number of amides is 1. The number of hydrogen-bond acceptors (Lipinski definition) is 4. The number of nitrogens with one attached hydrogen (secondary N) is 1. The molecule has 6 heteroatoms. The molecule has 0 aromatic heterocycles. The average Bonchev–Trinajstić information content (AvgIpc) is 2.74. The van der Waals surface area contributed by atoms with Crippen LogP contribution < -0.4 is 11.1 Å². The second-order valence-corrected chi connectivity index (χ2v) is 9.40. The van der Waals surface area contributed by atoms with Gasteiger partial charge in [0.25, 0.3) is 0 Å². The minimum atomic E-state index is -0.749. The summed E-state index contributed by atoms with van der Waals surface area (Å²) >= 11 is 0. The minimum Gasteiger partial charge on any atom is -0.481 e. The van der Waals surface area contributed by atoms with Gasteiger partial charge >= 0.3 is 5.97 Å². The highest BCUT2D eigenvalue weighted by molar-refractivity contribution is 5.75. The Morgan fingerprint density at radius 1 is 0.844 bits per heavy atom. The van der Waals surface area contributed by atoms with Crippen LogP contribution >= 0.6 is 0 Å². The molecular weight excluding hydrogens is 404 g/mol. The van der Waals surface area contributed by atoms with Crippen molar-refractivity contribution in [3.8, 4) is 0 Å². The summed E-state index contributed by atoms with van der Waals surface area (Å²) in [6.07, 6.45) is 19.0. The molecule has 0 aromatic rings. The molecule has 0 aliphatic carbocycles. The van der Waals surface area contributed by atoms with Crippen molar-refractivity contribution in [3.63, 3.8) is 0 Å². The topological polar surface area (TPSA) is 113 Å². The molecule has 0 unspecified atom stereocenters. The van der Waals surface area contributed by atoms with E-state index in [1.807, 2.05) is 0 Å². The van der Waals surface area contributed by atoms with Crippen LogP contribution in [0.5, 0.6) is 0 Å². The van der Waals surface area contributed by atoms with Crippen molar-refractivity contribution in [1.29, 1.82) is 0 Å². The van der Waals surface area contributed by atoms with Crippen LogP contribution in [-0.2, 0) is 9.59 Å². The van der Waals surface area contributed by atoms with E-state index in [-0.39, 0.29) is 24.9 Å². The van der Waals surface area contributed by atoms with Crippen LogP contribution in [0.4, 0.5) is 0 Å². The molecule has 0 rings (SSSR count). The van der Waals surface area contributed by atoms with Gasteiger partial charge < -0.3 is 21.3 Å². The number of unbranched alkanes of at least 4 members (excludes halogenated alkanes) is 12. The van der Waals surface area contributed by atoms with Crippen LogP contribution in [0.3, 0.4) is 0 Å². The molecule has 6 nitrogen and oxygen atoms in total. The summed E-state index contributed by atoms with van der Waals surface area (Å²) in [5.74, 6) is 0.00335. The molecule has 192 valence electrons. The third-order valence-electron chi connectivity index (χ3n) is 5.54. The molecule has 5 N–H and O–H groups in total. The second kappa shape index (κ2) is 26.1. The fourth-order valence-corrected chi connectivity index (χ4v) is 3.76. The summed E-state index contributed by atoms with van der Waals surface area (Å²) in [4.78, 5) is 21.6. The first-order valence-electron chi connectivity index (χ1n) is 13.2. The van der Waals surface area contributed by atoms with Gasteiger partial charge in [0.1, 0.15) is 0 Å². The molecule has 0 saturated heterocycles. The van der Waals surface area contributed by atoms with E-state index < -0.39 is 5.97 Å². The van der Waals surface area contributed by atoms with Crippen LogP contribution in [0, 0.1) is 11.8 Å². The number of aliphatic hydroxyl groups is 1. The molecule has 0 bridgehead atoms. The molecule has 0 fully saturated rings. The van der Waals surface area contributed by atoms with Crippen LogP contribution in [0.2, 0.25) is 0 Å². The summed E-state index contributed by atoms with van der Waals surface area (Å²) in [5.41, 5.74) is 5.41. The lowest BCUT2D eigenvalue weighted by Crippen LogP contribution is -2.25. The van der Waals surface area contributed by atoms with E-state index >= 15 is 0 Å². The van der Waals surface area contributed by atoms with Gasteiger partial charge in [-0.25, -0.2) is 0 Å². The van der Waals surface area contributed by atoms with E-state index in [2.05, 4.69) is 26.1 Å². The maximum Gasteiger partial charge on any atom is 0.303 e. The lowest BCUT2D eigenvalue weighted by molar-refractivity contribution is -0.138. The predicted octanol–water partition coefficient (Wildman–Crippen LogP) is 5.66. The van der Waals surface area contributed by atoms with Gasteiger partial charge in [-0.1, -0.05) is 97.8 Å². The summed E-state index contributed by atoms with van der Waals surface area (Å²) in [6.45, 7) is 7.31. The fourth-order valence-electron chi connectivity index (χ4n) is 3.76. The number of carbonyl (C=O) groups is 2. The smallest absolute Gasteiger partial charge is 0.303 e. The number of carboxylic acid groups (broad SMARTS) is 1. The van der Waals surface area contributed by atoms with Crippen LogP contribution in [0.15, 0.2) is 0 Å². The predicted molar refractivity (Wildman–Crippen MR) is 135 cm³/mol. The van der Waals surface area contributed by atoms with Gasteiger partial charge in [0.2, 0.25) is 5.91 Å². The molecule has 0 spiro atoms. The third kappa shape index (κ3) is 28.9. The molecule has 0 saturated carbocycles. The zero-order valence-electron chi connectivity index (χ0n) is 21.4. The number of nitrogens with two attached hydrogens (primary N) is 1. The van der Waals surface area contributed by atoms with Crippen LogP contribution in [0.25, 0.3) is 0 Å². The Hall–Kier alpha value is -1.14. The second-order valence-electron chi connectivity index (χ2n) is 9.40. The van der Waals surface area contributed by atoms with Gasteiger partial charge in [0.15, 0.2) is 0 Å². The highest BCUT2D eigenvalue weighted by Crippen LogP contribution is 2.14. The van der Waals surface area contributed by atoms with Crippen molar-refractivity contribution >= 4 is 11.9 Å². The molecule has 0 aromatic carbocycles. The Balaban J connectivity index is 0. The van der Waals surface area contributed by atoms with E-state index in [1.165, 1.54) is 70.6 Å². The summed E-state index contributed by atoms with van der Waals surface area (Å²) in [6, 6.07) is 0. The molecule has 0 radical (unpaired) electrons. The normalized spacial score (nSPS) is 11.7. The molecule has 1 atom stereocenters. The number of aliphatic hydroxyl groups excluding tert-OH is 1. The van der Waals surface area contributed by atoms with E-state index in [1.54, 1.807) is 0 Å². The number of hydrogen-bond donors (Lipinski definition) is 4. The lowest BCUT2D eigenvalue weighted by atomic mass is 9.94. The SMILES string of the molecule is CC(C)C[C@H](CN)CC(=O)O.CCCCCCCCCCCCCCCC(=O)NCCO. The first-order chi connectivity index (χ1) is 15.4. The average molecular weight is 459 g/mol. The van der Waals surface area contributed by atoms with Crippen LogP contribution in [0.1, 0.15) is 124 Å². The molecule has 0 aliphatic heterocycles. The molecular formula is C26H54N2O4. The maximum atomic E-state index is 11.3. The summed E-state index contributed by atoms with van der Waals surface area (Å²) in [7, 11) is 0. The van der Waals surface area contributed by atoms with Gasteiger partial charge in [-0.15, -0.1) is 0 Å². The van der Waals surface area contributed by atoms with Crippen molar-refractivity contribution in [2.24, 2.45) is 17.6 Å². The van der Waals surface area contributed by atoms with Gasteiger partial charge in [-0.2, -0.15) is 0 Å². The highest BCUT2D eigenvalue weighted by atomic mass is 16.4. The summed E-state index contributed by atoms with van der Waals surface area (Å²) in [5, 5.41) is 19.7. The van der Waals surface area contributed by atoms with Crippen molar-refractivity contribution in [2.45, 2.75) is 124 Å². The Bertz CT molecular complexity index is 417. The fraction of sp³-hybridized carbons (Fsp3) is 0.923. The largest absolute Gasteiger partial charge is 0.481 e. The van der Waals surface area contributed by atoms with Crippen molar-refractivity contribution in [3.05, 3.63) is 0 Å². The number of aliphatic carboxylic acids is 1. The maximum absolute atomic E-state index is 11.3. The van der Waals surface area contributed by atoms with E-state index in [0.29, 0.717) is 25.4 Å². The molecule has 32 heavy (non-hydrogen) atoms. The number of rotatable bonds is 21. The van der Waals surface area contributed by atoms with E-state index in [9.17, 15) is 9.59 Å². The highest BCUT2D eigenvalue weighted by Gasteiger charge is 2.12.